The van der Waals surface area contributed by atoms with Gasteiger partial charge in [-0.2, -0.15) is 0 Å². The van der Waals surface area contributed by atoms with Gasteiger partial charge in [-0.05, 0) is 0 Å². The second-order valence-corrected chi connectivity index (χ2v) is 0.932. The fraction of sp³-hybridized carbons (Fsp3) is 0.500. The summed E-state index contributed by atoms with van der Waals surface area (Å²) < 4.78 is 4.24. The highest BCUT2D eigenvalue weighted by atomic mass is 16.6. The van der Waals surface area contributed by atoms with Gasteiger partial charge in [-0.15, -0.1) is 0 Å². The molecule has 0 saturated carbocycles. The summed E-state index contributed by atoms with van der Waals surface area (Å²) in [6.45, 7) is 0.963. The Morgan fingerprint density at radius 2 is 2.57 bits per heavy atom. The Hall–Kier alpha value is -0.790. The first-order chi connectivity index (χ1) is 3.31. The highest BCUT2D eigenvalue weighted by Crippen LogP contribution is 1.83. The van der Waals surface area contributed by atoms with Crippen molar-refractivity contribution in [1.29, 1.82) is 0 Å². The lowest BCUT2D eigenvalue weighted by Crippen LogP contribution is -1.88. The smallest absolute Gasteiger partial charge is 0.187 e. The number of hydrogen-bond donors (Lipinski definition) is 1. The van der Waals surface area contributed by atoms with E-state index < -0.39 is 6.79 Å². The predicted octanol–water partition coefficient (Wildman–Crippen LogP) is -0.312. The summed E-state index contributed by atoms with van der Waals surface area (Å²) in [5, 5.41) is 7.95. The van der Waals surface area contributed by atoms with Gasteiger partial charge in [-0.25, -0.2) is 4.79 Å². The second kappa shape index (κ2) is 3.40. The third-order valence-electron chi connectivity index (χ3n) is 0.425. The van der Waals surface area contributed by atoms with E-state index in [1.165, 1.54) is 12.9 Å². The Balaban J connectivity index is 3.37. The summed E-state index contributed by atoms with van der Waals surface area (Å²) >= 11 is 0. The Bertz CT molecular complexity index is 91.1. The minimum atomic E-state index is -0.457. The molecule has 0 bridgehead atoms. The van der Waals surface area contributed by atoms with Crippen molar-refractivity contribution >= 4 is 5.94 Å². The average molecular weight is 102 g/mol. The maximum absolute atomic E-state index is 9.50. The first-order valence-electron chi connectivity index (χ1n) is 1.76. The number of rotatable bonds is 2. The van der Waals surface area contributed by atoms with Crippen LogP contribution in [0.1, 0.15) is 6.92 Å². The van der Waals surface area contributed by atoms with Crippen LogP contribution in [0.4, 0.5) is 0 Å². The van der Waals surface area contributed by atoms with Crippen LogP contribution in [-0.4, -0.2) is 17.8 Å². The molecule has 0 rings (SSSR count). The molecule has 0 aromatic rings. The van der Waals surface area contributed by atoms with Crippen LogP contribution in [0.5, 0.6) is 0 Å². The van der Waals surface area contributed by atoms with Crippen LogP contribution in [0, 0.1) is 0 Å². The maximum Gasteiger partial charge on any atom is 0.187 e. The van der Waals surface area contributed by atoms with Gasteiger partial charge in [-0.1, -0.05) is 0 Å². The quantitative estimate of drug-likeness (QED) is 0.295. The molecule has 40 valence electrons. The van der Waals surface area contributed by atoms with Gasteiger partial charge in [0.15, 0.2) is 18.5 Å². The molecule has 0 saturated heterocycles. The lowest BCUT2D eigenvalue weighted by atomic mass is 10.7. The van der Waals surface area contributed by atoms with Crippen LogP contribution in [0.25, 0.3) is 0 Å². The fourth-order valence-corrected chi connectivity index (χ4v) is 0.126. The first kappa shape index (κ1) is 6.21. The Morgan fingerprint density at radius 3 is 2.71 bits per heavy atom. The number of aliphatic hydroxyl groups is 1. The van der Waals surface area contributed by atoms with E-state index in [1.807, 2.05) is 0 Å². The van der Waals surface area contributed by atoms with E-state index >= 15 is 0 Å². The molecule has 0 heterocycles. The SMILES string of the molecule is CC(=C=O)OCO. The van der Waals surface area contributed by atoms with Crippen molar-refractivity contribution in [2.24, 2.45) is 0 Å². The Morgan fingerprint density at radius 1 is 2.00 bits per heavy atom. The number of aliphatic hydroxyl groups excluding tert-OH is 1. The van der Waals surface area contributed by atoms with E-state index in [0.29, 0.717) is 0 Å². The summed E-state index contributed by atoms with van der Waals surface area (Å²) in [5.41, 5.74) is 0. The van der Waals surface area contributed by atoms with E-state index in [0.717, 1.165) is 0 Å². The van der Waals surface area contributed by atoms with Crippen molar-refractivity contribution in [1.82, 2.24) is 0 Å². The maximum atomic E-state index is 9.50. The van der Waals surface area contributed by atoms with Gasteiger partial charge < -0.3 is 9.84 Å². The summed E-state index contributed by atoms with van der Waals surface area (Å²) in [6, 6.07) is 0. The minimum absolute atomic E-state index is 0.0718. The van der Waals surface area contributed by atoms with Crippen molar-refractivity contribution in [3.8, 4) is 0 Å². The van der Waals surface area contributed by atoms with Gasteiger partial charge in [0.25, 0.3) is 0 Å². The fourth-order valence-electron chi connectivity index (χ4n) is 0.126. The number of allylic oxidation sites excluding steroid dienone is 1. The van der Waals surface area contributed by atoms with Crippen molar-refractivity contribution < 1.29 is 14.6 Å². The molecule has 0 aromatic heterocycles. The van der Waals surface area contributed by atoms with Crippen molar-refractivity contribution in [3.63, 3.8) is 0 Å². The van der Waals surface area contributed by atoms with Gasteiger partial charge in [-0.3, -0.25) is 0 Å². The van der Waals surface area contributed by atoms with Gasteiger partial charge in [0.05, 0.1) is 0 Å². The van der Waals surface area contributed by atoms with Crippen LogP contribution < -0.4 is 0 Å². The van der Waals surface area contributed by atoms with Gasteiger partial charge in [0.1, 0.15) is 0 Å². The number of carbonyl (C=O) groups excluding carboxylic acids is 1. The van der Waals surface area contributed by atoms with E-state index in [4.69, 9.17) is 5.11 Å². The third-order valence-corrected chi connectivity index (χ3v) is 0.425. The Labute approximate surface area is 41.2 Å². The van der Waals surface area contributed by atoms with E-state index in [2.05, 4.69) is 4.74 Å². The Kier molecular flexibility index (Phi) is 3.02. The summed E-state index contributed by atoms with van der Waals surface area (Å²) in [5.74, 6) is 1.52. The highest BCUT2D eigenvalue weighted by molar-refractivity contribution is 5.48. The van der Waals surface area contributed by atoms with Gasteiger partial charge in [0, 0.05) is 6.92 Å². The molecule has 0 aliphatic rings. The molecule has 0 fully saturated rings. The van der Waals surface area contributed by atoms with E-state index in [9.17, 15) is 4.79 Å². The molecule has 0 aromatic carbocycles. The molecule has 0 amide bonds. The molecular formula is C4H6O3. The normalized spacial score (nSPS) is 7.14. The van der Waals surface area contributed by atoms with Gasteiger partial charge >= 0.3 is 0 Å². The molecule has 0 unspecified atom stereocenters. The topological polar surface area (TPSA) is 46.5 Å². The molecule has 1 N–H and O–H groups in total. The third kappa shape index (κ3) is 3.03. The molecule has 7 heavy (non-hydrogen) atoms. The van der Waals surface area contributed by atoms with Crippen molar-refractivity contribution in [2.45, 2.75) is 6.92 Å². The summed E-state index contributed by atoms with van der Waals surface area (Å²) in [6.07, 6.45) is 0. The molecule has 0 aliphatic heterocycles. The molecule has 3 nitrogen and oxygen atoms in total. The molecule has 0 atom stereocenters. The molecule has 3 heteroatoms. The standard InChI is InChI=1S/C4H6O3/c1-4(2-5)7-3-6/h6H,3H2,1H3. The van der Waals surface area contributed by atoms with Gasteiger partial charge in [0.2, 0.25) is 0 Å². The second-order valence-electron chi connectivity index (χ2n) is 0.932. The zero-order chi connectivity index (χ0) is 5.70. The van der Waals surface area contributed by atoms with Crippen LogP contribution >= 0.6 is 0 Å². The van der Waals surface area contributed by atoms with E-state index in [-0.39, 0.29) is 5.76 Å². The largest absolute Gasteiger partial charge is 0.461 e. The van der Waals surface area contributed by atoms with Crippen LogP contribution in [0.15, 0.2) is 5.76 Å². The zero-order valence-corrected chi connectivity index (χ0v) is 3.97. The minimum Gasteiger partial charge on any atom is -0.461 e. The molecular weight excluding hydrogens is 96.0 g/mol. The molecule has 0 aliphatic carbocycles. The van der Waals surface area contributed by atoms with Crippen molar-refractivity contribution in [3.05, 3.63) is 5.76 Å². The van der Waals surface area contributed by atoms with Crippen molar-refractivity contribution in [2.75, 3.05) is 6.79 Å². The lowest BCUT2D eigenvalue weighted by Gasteiger charge is -1.92. The monoisotopic (exact) mass is 102 g/mol. The van der Waals surface area contributed by atoms with Crippen LogP contribution in [-0.2, 0) is 9.53 Å². The summed E-state index contributed by atoms with van der Waals surface area (Å²) in [4.78, 5) is 9.50. The predicted molar refractivity (Wildman–Crippen MR) is 23.1 cm³/mol. The average Bonchev–Trinajstić information content (AvgIpc) is 1.68. The number of hydrogen-bond acceptors (Lipinski definition) is 3. The van der Waals surface area contributed by atoms with Crippen LogP contribution in [0.2, 0.25) is 0 Å². The zero-order valence-electron chi connectivity index (χ0n) is 3.97. The lowest BCUT2D eigenvalue weighted by molar-refractivity contribution is 0.0449. The molecule has 0 spiro atoms. The highest BCUT2D eigenvalue weighted by Gasteiger charge is 1.81. The summed E-state index contributed by atoms with van der Waals surface area (Å²) in [7, 11) is 0. The van der Waals surface area contributed by atoms with Crippen LogP contribution in [0.3, 0.4) is 0 Å². The van der Waals surface area contributed by atoms with E-state index in [1.54, 1.807) is 0 Å². The first-order valence-corrected chi connectivity index (χ1v) is 1.76. The molecule has 0 radical (unpaired) electrons. The number of ether oxygens (including phenoxy) is 1.